The third kappa shape index (κ3) is 4.44. The van der Waals surface area contributed by atoms with E-state index in [2.05, 4.69) is 73.1 Å². The van der Waals surface area contributed by atoms with Crippen LogP contribution in [-0.2, 0) is 0 Å². The Morgan fingerprint density at radius 3 is 2.06 bits per heavy atom. The predicted octanol–water partition coefficient (Wildman–Crippen LogP) is 1.58. The number of amides is 1. The maximum absolute atomic E-state index is 11.8. The number of halogens is 3. The van der Waals surface area contributed by atoms with Crippen LogP contribution in [0, 0.1) is 10.7 Å². The zero-order chi connectivity index (χ0) is 13.0. The first-order valence-electron chi connectivity index (χ1n) is 4.66. The summed E-state index contributed by atoms with van der Waals surface area (Å²) in [6.45, 7) is -0.554. The number of benzene rings is 1. The van der Waals surface area contributed by atoms with E-state index in [0.29, 0.717) is 5.56 Å². The molecule has 0 saturated carbocycles. The van der Waals surface area contributed by atoms with E-state index < -0.39 is 6.04 Å². The largest absolute Gasteiger partial charge is 0.394 e. The lowest BCUT2D eigenvalue weighted by Crippen LogP contribution is -2.40. The zero-order valence-corrected chi connectivity index (χ0v) is 15.1. The SMILES string of the molecule is O=C(NC(CO)CO)c1cc(I)c(I)c(I)c1. The fraction of sp³-hybridized carbons (Fsp3) is 0.300. The van der Waals surface area contributed by atoms with Crippen molar-refractivity contribution in [2.75, 3.05) is 13.2 Å². The van der Waals surface area contributed by atoms with Crippen LogP contribution in [0.3, 0.4) is 0 Å². The van der Waals surface area contributed by atoms with E-state index >= 15 is 0 Å². The van der Waals surface area contributed by atoms with Crippen molar-refractivity contribution in [2.45, 2.75) is 6.04 Å². The molecule has 17 heavy (non-hydrogen) atoms. The molecule has 1 amide bonds. The Morgan fingerprint density at radius 1 is 1.18 bits per heavy atom. The quantitative estimate of drug-likeness (QED) is 0.379. The lowest BCUT2D eigenvalue weighted by Gasteiger charge is -2.14. The summed E-state index contributed by atoms with van der Waals surface area (Å²) in [6.07, 6.45) is 0. The topological polar surface area (TPSA) is 69.6 Å². The van der Waals surface area contributed by atoms with Crippen molar-refractivity contribution in [3.63, 3.8) is 0 Å². The number of hydrogen-bond donors (Lipinski definition) is 3. The number of nitrogens with one attached hydrogen (secondary N) is 1. The number of carbonyl (C=O) groups excluding carboxylic acids is 1. The van der Waals surface area contributed by atoms with Gasteiger partial charge in [0.1, 0.15) is 0 Å². The van der Waals surface area contributed by atoms with Crippen LogP contribution in [0.4, 0.5) is 0 Å². The van der Waals surface area contributed by atoms with Crippen LogP contribution in [0.25, 0.3) is 0 Å². The number of aliphatic hydroxyl groups excluding tert-OH is 2. The summed E-state index contributed by atoms with van der Waals surface area (Å²) in [4.78, 5) is 11.8. The molecule has 0 unspecified atom stereocenters. The van der Waals surface area contributed by atoms with E-state index in [9.17, 15) is 4.79 Å². The highest BCUT2D eigenvalue weighted by Crippen LogP contribution is 2.23. The summed E-state index contributed by atoms with van der Waals surface area (Å²) in [7, 11) is 0. The van der Waals surface area contributed by atoms with Gasteiger partial charge in [0.05, 0.1) is 19.3 Å². The van der Waals surface area contributed by atoms with Crippen molar-refractivity contribution in [3.05, 3.63) is 28.4 Å². The first-order chi connectivity index (χ1) is 7.99. The summed E-state index contributed by atoms with van der Waals surface area (Å²) in [5, 5.41) is 20.4. The smallest absolute Gasteiger partial charge is 0.251 e. The van der Waals surface area contributed by atoms with Crippen molar-refractivity contribution in [2.24, 2.45) is 0 Å². The molecule has 94 valence electrons. The van der Waals surface area contributed by atoms with Gasteiger partial charge in [0.25, 0.3) is 5.91 Å². The van der Waals surface area contributed by atoms with Gasteiger partial charge in [0, 0.05) is 16.3 Å². The average Bonchev–Trinajstić information content (AvgIpc) is 2.31. The Labute approximate surface area is 140 Å². The molecular weight excluding hydrogens is 563 g/mol. The summed E-state index contributed by atoms with van der Waals surface area (Å²) < 4.78 is 3.12. The monoisotopic (exact) mass is 573 g/mol. The maximum atomic E-state index is 11.8. The van der Waals surface area contributed by atoms with Crippen LogP contribution in [0.15, 0.2) is 12.1 Å². The molecule has 0 radical (unpaired) electrons. The van der Waals surface area contributed by atoms with Gasteiger partial charge in [-0.25, -0.2) is 0 Å². The molecule has 0 atom stereocenters. The zero-order valence-electron chi connectivity index (χ0n) is 8.58. The number of hydrogen-bond acceptors (Lipinski definition) is 3. The molecule has 0 fully saturated rings. The minimum atomic E-state index is -0.614. The van der Waals surface area contributed by atoms with Gasteiger partial charge in [-0.15, -0.1) is 0 Å². The van der Waals surface area contributed by atoms with Crippen LogP contribution < -0.4 is 5.32 Å². The summed E-state index contributed by atoms with van der Waals surface area (Å²) >= 11 is 6.56. The van der Waals surface area contributed by atoms with E-state index in [1.54, 1.807) is 12.1 Å². The highest BCUT2D eigenvalue weighted by molar-refractivity contribution is 14.1. The van der Waals surface area contributed by atoms with Crippen molar-refractivity contribution in [1.82, 2.24) is 5.32 Å². The first-order valence-corrected chi connectivity index (χ1v) is 7.90. The maximum Gasteiger partial charge on any atom is 0.251 e. The molecule has 0 spiro atoms. The molecule has 0 heterocycles. The van der Waals surface area contributed by atoms with Crippen molar-refractivity contribution < 1.29 is 15.0 Å². The van der Waals surface area contributed by atoms with Gasteiger partial charge in [-0.05, 0) is 79.9 Å². The molecule has 0 aliphatic heterocycles. The molecule has 4 nitrogen and oxygen atoms in total. The van der Waals surface area contributed by atoms with E-state index in [1.807, 2.05) is 0 Å². The van der Waals surface area contributed by atoms with Gasteiger partial charge in [-0.2, -0.15) is 0 Å². The molecule has 1 rings (SSSR count). The molecule has 0 aliphatic carbocycles. The fourth-order valence-corrected chi connectivity index (χ4v) is 3.18. The fourth-order valence-electron chi connectivity index (χ4n) is 1.10. The molecule has 3 N–H and O–H groups in total. The predicted molar refractivity (Wildman–Crippen MR) is 90.0 cm³/mol. The van der Waals surface area contributed by atoms with Crippen molar-refractivity contribution in [1.29, 1.82) is 0 Å². The minimum Gasteiger partial charge on any atom is -0.394 e. The summed E-state index contributed by atoms with van der Waals surface area (Å²) in [5.74, 6) is -0.287. The van der Waals surface area contributed by atoms with E-state index in [-0.39, 0.29) is 19.1 Å². The normalized spacial score (nSPS) is 10.7. The Kier molecular flexibility index (Phi) is 6.91. The van der Waals surface area contributed by atoms with Gasteiger partial charge >= 0.3 is 0 Å². The molecular formula is C10H10I3NO3. The second-order valence-corrected chi connectivity index (χ2v) is 6.69. The standard InChI is InChI=1S/C10H10I3NO3/c11-7-1-5(2-8(12)9(7)13)10(17)14-6(3-15)4-16/h1-2,6,15-16H,3-4H2,(H,14,17). The minimum absolute atomic E-state index is 0.277. The summed E-state index contributed by atoms with van der Waals surface area (Å²) in [6, 6.07) is 2.95. The molecule has 7 heteroatoms. The van der Waals surface area contributed by atoms with Crippen molar-refractivity contribution >= 4 is 73.7 Å². The van der Waals surface area contributed by atoms with Gasteiger partial charge in [-0.3, -0.25) is 4.79 Å². The van der Waals surface area contributed by atoms with Crippen LogP contribution in [0.2, 0.25) is 0 Å². The van der Waals surface area contributed by atoms with E-state index in [4.69, 9.17) is 10.2 Å². The number of carbonyl (C=O) groups is 1. The van der Waals surface area contributed by atoms with Crippen LogP contribution in [-0.4, -0.2) is 35.4 Å². The molecule has 0 aliphatic rings. The number of aliphatic hydroxyl groups is 2. The van der Waals surface area contributed by atoms with Crippen LogP contribution >= 0.6 is 67.8 Å². The van der Waals surface area contributed by atoms with E-state index in [0.717, 1.165) is 10.7 Å². The lowest BCUT2D eigenvalue weighted by molar-refractivity contribution is 0.0879. The Bertz CT molecular complexity index is 398. The number of rotatable bonds is 4. The Morgan fingerprint density at radius 2 is 1.65 bits per heavy atom. The van der Waals surface area contributed by atoms with Gasteiger partial charge in [-0.1, -0.05) is 0 Å². The van der Waals surface area contributed by atoms with Crippen LogP contribution in [0.5, 0.6) is 0 Å². The Hall–Kier alpha value is 0.800. The van der Waals surface area contributed by atoms with Crippen LogP contribution in [0.1, 0.15) is 10.4 Å². The Balaban J connectivity index is 2.90. The summed E-state index contributed by atoms with van der Waals surface area (Å²) in [5.41, 5.74) is 0.533. The molecule has 1 aromatic carbocycles. The highest BCUT2D eigenvalue weighted by atomic mass is 127. The van der Waals surface area contributed by atoms with E-state index in [1.165, 1.54) is 0 Å². The average molecular weight is 573 g/mol. The van der Waals surface area contributed by atoms with Crippen molar-refractivity contribution in [3.8, 4) is 0 Å². The molecule has 0 bridgehead atoms. The molecule has 0 saturated heterocycles. The van der Waals surface area contributed by atoms with Gasteiger partial charge in [0.2, 0.25) is 0 Å². The second kappa shape index (κ2) is 7.40. The van der Waals surface area contributed by atoms with Gasteiger partial charge in [0.15, 0.2) is 0 Å². The molecule has 0 aromatic heterocycles. The third-order valence-corrected chi connectivity index (χ3v) is 6.95. The lowest BCUT2D eigenvalue weighted by atomic mass is 10.2. The highest BCUT2D eigenvalue weighted by Gasteiger charge is 2.14. The first kappa shape index (κ1) is 15.9. The van der Waals surface area contributed by atoms with Gasteiger partial charge < -0.3 is 15.5 Å². The second-order valence-electron chi connectivity index (χ2n) is 3.29. The molecule has 1 aromatic rings. The third-order valence-electron chi connectivity index (χ3n) is 2.02.